The second-order valence-corrected chi connectivity index (χ2v) is 7.74. The van der Waals surface area contributed by atoms with Crippen LogP contribution in [0.25, 0.3) is 0 Å². The van der Waals surface area contributed by atoms with Gasteiger partial charge in [0, 0.05) is 12.5 Å². The lowest BCUT2D eigenvalue weighted by Gasteiger charge is -2.16. The van der Waals surface area contributed by atoms with Crippen LogP contribution < -0.4 is 5.32 Å². The average molecular weight is 229 g/mol. The second kappa shape index (κ2) is 2.31. The van der Waals surface area contributed by atoms with Crippen molar-refractivity contribution in [1.82, 2.24) is 5.32 Å². The van der Waals surface area contributed by atoms with Gasteiger partial charge in [0.2, 0.25) is 5.91 Å². The van der Waals surface area contributed by atoms with E-state index in [9.17, 15) is 4.79 Å². The van der Waals surface area contributed by atoms with Gasteiger partial charge in [-0.25, -0.2) is 0 Å². The summed E-state index contributed by atoms with van der Waals surface area (Å²) in [5.74, 6) is 9.86. The summed E-state index contributed by atoms with van der Waals surface area (Å²) in [6.07, 6.45) is 4.24. The molecule has 2 nitrogen and oxygen atoms in total. The van der Waals surface area contributed by atoms with Crippen molar-refractivity contribution in [3.05, 3.63) is 0 Å². The molecule has 0 aromatic carbocycles. The van der Waals surface area contributed by atoms with E-state index in [0.29, 0.717) is 11.8 Å². The number of amides is 1. The molecule has 1 N–H and O–H groups in total. The standard InChI is InChI=1S/C15H19NO/c17-15(16-4-5-1-2-5)14-12-10-7-3-6-8(10)9(6)11(7)13(12)14/h5-14H,1-4H2,(H,16,17)/t6?,7?,8-,9-,10-,11+,12+,13+,14?/m0/s1. The van der Waals surface area contributed by atoms with Crippen molar-refractivity contribution in [3.8, 4) is 0 Å². The molecule has 17 heavy (non-hydrogen) atoms. The van der Waals surface area contributed by atoms with E-state index >= 15 is 0 Å². The number of carbonyl (C=O) groups excluding carboxylic acids is 1. The fourth-order valence-electron chi connectivity index (χ4n) is 6.75. The van der Waals surface area contributed by atoms with Crippen LogP contribution in [0.15, 0.2) is 0 Å². The lowest BCUT2D eigenvalue weighted by atomic mass is 9.91. The quantitative estimate of drug-likeness (QED) is 0.781. The fourth-order valence-corrected chi connectivity index (χ4v) is 6.75. The molecule has 7 aliphatic carbocycles. The molecule has 1 amide bonds. The number of hydrogen-bond donors (Lipinski definition) is 1. The van der Waals surface area contributed by atoms with E-state index in [1.165, 1.54) is 12.8 Å². The van der Waals surface area contributed by atoms with Crippen LogP contribution in [-0.4, -0.2) is 12.5 Å². The van der Waals surface area contributed by atoms with E-state index in [2.05, 4.69) is 5.32 Å². The van der Waals surface area contributed by atoms with E-state index in [1.54, 1.807) is 6.42 Å². The Bertz CT molecular complexity index is 418. The molecule has 7 fully saturated rings. The van der Waals surface area contributed by atoms with Gasteiger partial charge in [-0.05, 0) is 72.5 Å². The van der Waals surface area contributed by atoms with Gasteiger partial charge < -0.3 is 5.32 Å². The Morgan fingerprint density at radius 1 is 0.941 bits per heavy atom. The number of rotatable bonds is 3. The van der Waals surface area contributed by atoms with Crippen molar-refractivity contribution in [2.75, 3.05) is 6.54 Å². The molecular formula is C15H19NO. The van der Waals surface area contributed by atoms with E-state index in [0.717, 1.165) is 59.8 Å². The van der Waals surface area contributed by atoms with Gasteiger partial charge in [0.25, 0.3) is 0 Å². The Labute approximate surface area is 102 Å². The smallest absolute Gasteiger partial charge is 0.223 e. The average Bonchev–Trinajstić information content (AvgIpc) is 3.28. The maximum Gasteiger partial charge on any atom is 0.223 e. The lowest BCUT2D eigenvalue weighted by molar-refractivity contribution is -0.123. The minimum Gasteiger partial charge on any atom is -0.356 e. The summed E-state index contributed by atoms with van der Waals surface area (Å²) in [6.45, 7) is 0.975. The van der Waals surface area contributed by atoms with Gasteiger partial charge in [0.15, 0.2) is 0 Å². The SMILES string of the molecule is O=C(NCC1CC1)C1[C@@H]2[C@@H]3C4CC5[C@H]3[C@H]5[C@H]4[C@@H]12. The Balaban J connectivity index is 1.22. The number of carbonyl (C=O) groups is 1. The Hall–Kier alpha value is -0.530. The van der Waals surface area contributed by atoms with Crippen molar-refractivity contribution >= 4 is 5.91 Å². The van der Waals surface area contributed by atoms with Gasteiger partial charge in [0.05, 0.1) is 0 Å². The minimum absolute atomic E-state index is 0.431. The zero-order valence-electron chi connectivity index (χ0n) is 10.0. The summed E-state index contributed by atoms with van der Waals surface area (Å²) < 4.78 is 0. The molecule has 7 rings (SSSR count). The van der Waals surface area contributed by atoms with E-state index in [1.807, 2.05) is 0 Å². The van der Waals surface area contributed by atoms with Crippen LogP contribution in [0.2, 0.25) is 0 Å². The van der Waals surface area contributed by atoms with Crippen molar-refractivity contribution in [3.63, 3.8) is 0 Å². The molecule has 0 aliphatic heterocycles. The molecule has 7 aliphatic rings. The van der Waals surface area contributed by atoms with E-state index in [4.69, 9.17) is 0 Å². The first-order chi connectivity index (χ1) is 8.36. The van der Waals surface area contributed by atoms with Gasteiger partial charge in [-0.3, -0.25) is 4.79 Å². The van der Waals surface area contributed by atoms with Crippen LogP contribution >= 0.6 is 0 Å². The number of nitrogens with one attached hydrogen (secondary N) is 1. The third-order valence-corrected chi connectivity index (χ3v) is 7.30. The summed E-state index contributed by atoms with van der Waals surface area (Å²) in [5, 5.41) is 3.22. The summed E-state index contributed by atoms with van der Waals surface area (Å²) in [4.78, 5) is 12.2. The van der Waals surface area contributed by atoms with Crippen molar-refractivity contribution in [2.45, 2.75) is 19.3 Å². The highest BCUT2D eigenvalue weighted by molar-refractivity contribution is 5.83. The van der Waals surface area contributed by atoms with Crippen molar-refractivity contribution < 1.29 is 4.79 Å². The second-order valence-electron chi connectivity index (χ2n) is 7.74. The molecule has 0 aromatic heterocycles. The fraction of sp³-hybridized carbons (Fsp3) is 0.933. The predicted octanol–water partition coefficient (Wildman–Crippen LogP) is 1.52. The van der Waals surface area contributed by atoms with E-state index in [-0.39, 0.29) is 0 Å². The monoisotopic (exact) mass is 229 g/mol. The maximum absolute atomic E-state index is 12.2. The van der Waals surface area contributed by atoms with Gasteiger partial charge in [-0.2, -0.15) is 0 Å². The molecule has 0 radical (unpaired) electrons. The third-order valence-electron chi connectivity index (χ3n) is 7.30. The zero-order valence-corrected chi connectivity index (χ0v) is 10.0. The first-order valence-corrected chi connectivity index (χ1v) is 7.64. The minimum atomic E-state index is 0.431. The summed E-state index contributed by atoms with van der Waals surface area (Å²) >= 11 is 0. The van der Waals surface area contributed by atoms with Crippen LogP contribution in [0.5, 0.6) is 0 Å². The highest BCUT2D eigenvalue weighted by Crippen LogP contribution is 2.89. The van der Waals surface area contributed by atoms with Crippen LogP contribution in [-0.2, 0) is 4.79 Å². The van der Waals surface area contributed by atoms with Crippen LogP contribution in [0.1, 0.15) is 19.3 Å². The molecule has 0 spiro atoms. The lowest BCUT2D eigenvalue weighted by Crippen LogP contribution is -2.30. The van der Waals surface area contributed by atoms with Crippen LogP contribution in [0.4, 0.5) is 0 Å². The van der Waals surface area contributed by atoms with Crippen LogP contribution in [0, 0.1) is 59.2 Å². The first kappa shape index (κ1) is 8.55. The molecule has 3 unspecified atom stereocenters. The molecule has 90 valence electrons. The summed E-state index contributed by atoms with van der Waals surface area (Å²) in [6, 6.07) is 0. The normalized spacial score (nSPS) is 66.9. The van der Waals surface area contributed by atoms with Gasteiger partial charge >= 0.3 is 0 Å². The molecule has 0 aromatic rings. The predicted molar refractivity (Wildman–Crippen MR) is 61.8 cm³/mol. The molecule has 9 atom stereocenters. The largest absolute Gasteiger partial charge is 0.356 e. The third kappa shape index (κ3) is 0.794. The highest BCUT2D eigenvalue weighted by atomic mass is 16.2. The summed E-state index contributed by atoms with van der Waals surface area (Å²) in [5.41, 5.74) is 0. The molecule has 7 saturated carbocycles. The highest BCUT2D eigenvalue weighted by Gasteiger charge is 2.87. The molecule has 2 heteroatoms. The van der Waals surface area contributed by atoms with Gasteiger partial charge in [0.1, 0.15) is 0 Å². The number of fused-ring (bicyclic) bond motifs is 1. The van der Waals surface area contributed by atoms with Gasteiger partial charge in [-0.15, -0.1) is 0 Å². The Morgan fingerprint density at radius 3 is 2.06 bits per heavy atom. The summed E-state index contributed by atoms with van der Waals surface area (Å²) in [7, 11) is 0. The zero-order chi connectivity index (χ0) is 10.9. The van der Waals surface area contributed by atoms with Gasteiger partial charge in [-0.1, -0.05) is 0 Å². The van der Waals surface area contributed by atoms with E-state index < -0.39 is 0 Å². The van der Waals surface area contributed by atoms with Crippen molar-refractivity contribution in [1.29, 1.82) is 0 Å². The number of hydrogen-bond acceptors (Lipinski definition) is 1. The Morgan fingerprint density at radius 2 is 1.53 bits per heavy atom. The maximum atomic E-state index is 12.2. The Kier molecular flexibility index (Phi) is 1.16. The van der Waals surface area contributed by atoms with Crippen LogP contribution in [0.3, 0.4) is 0 Å². The molecular weight excluding hydrogens is 210 g/mol. The molecule has 0 heterocycles. The topological polar surface area (TPSA) is 29.1 Å². The first-order valence-electron chi connectivity index (χ1n) is 7.64. The molecule has 6 bridgehead atoms. The molecule has 0 saturated heterocycles. The van der Waals surface area contributed by atoms with Crippen molar-refractivity contribution in [2.24, 2.45) is 59.2 Å².